The Hall–Kier alpha value is -4.98. The van der Waals surface area contributed by atoms with Crippen molar-refractivity contribution in [2.75, 3.05) is 0 Å². The lowest BCUT2D eigenvalue weighted by Gasteiger charge is -2.12. The van der Waals surface area contributed by atoms with Crippen LogP contribution in [0.15, 0.2) is 106 Å². The summed E-state index contributed by atoms with van der Waals surface area (Å²) < 4.78 is 0. The first kappa shape index (κ1) is 24.2. The van der Waals surface area contributed by atoms with Gasteiger partial charge >= 0.3 is 0 Å². The van der Waals surface area contributed by atoms with Crippen LogP contribution < -0.4 is 0 Å². The summed E-state index contributed by atoms with van der Waals surface area (Å²) in [4.78, 5) is 42.4. The Balaban J connectivity index is 1.62. The molecule has 0 aromatic heterocycles. The minimum absolute atomic E-state index is 0.577. The van der Waals surface area contributed by atoms with Gasteiger partial charge in [0, 0.05) is 0 Å². The van der Waals surface area contributed by atoms with Crippen molar-refractivity contribution in [3.63, 3.8) is 0 Å². The van der Waals surface area contributed by atoms with Crippen LogP contribution in [0.3, 0.4) is 0 Å². The minimum Gasteiger partial charge on any atom is -0.211 e. The second kappa shape index (κ2) is 11.9. The molecule has 174 valence electrons. The van der Waals surface area contributed by atoms with Crippen molar-refractivity contribution in [3.05, 3.63) is 124 Å². The molecule has 0 aliphatic carbocycles. The van der Waals surface area contributed by atoms with Crippen LogP contribution in [0, 0.1) is 0 Å². The van der Waals surface area contributed by atoms with E-state index in [1.807, 2.05) is 36.4 Å². The standard InChI is InChI=1S/C30H21N3O3/c34-19-31-28-7-1-22(2-8-28)13-25-16-26(14-23-3-9-29(10-4-23)32-20-35)18-27(17-25)15-24-5-11-30(12-6-24)33-21-36/h1-12,16-18H,13-15H2. The van der Waals surface area contributed by atoms with Crippen molar-refractivity contribution in [3.8, 4) is 0 Å². The van der Waals surface area contributed by atoms with Crippen LogP contribution in [0.25, 0.3) is 0 Å². The molecule has 0 aliphatic heterocycles. The van der Waals surface area contributed by atoms with Crippen LogP contribution in [0.5, 0.6) is 0 Å². The van der Waals surface area contributed by atoms with E-state index in [0.717, 1.165) is 36.0 Å². The molecular formula is C30H21N3O3. The number of rotatable bonds is 9. The molecule has 0 bridgehead atoms. The number of aliphatic imine (C=N–C) groups is 3. The van der Waals surface area contributed by atoms with E-state index in [-0.39, 0.29) is 0 Å². The van der Waals surface area contributed by atoms with Crippen molar-refractivity contribution in [2.45, 2.75) is 19.3 Å². The van der Waals surface area contributed by atoms with E-state index >= 15 is 0 Å². The van der Waals surface area contributed by atoms with Gasteiger partial charge < -0.3 is 0 Å². The third-order valence-electron chi connectivity index (χ3n) is 5.67. The van der Waals surface area contributed by atoms with Crippen LogP contribution >= 0.6 is 0 Å². The van der Waals surface area contributed by atoms with Gasteiger partial charge in [0.25, 0.3) is 0 Å². The van der Waals surface area contributed by atoms with Gasteiger partial charge in [0.15, 0.2) is 0 Å². The number of nitrogens with zero attached hydrogens (tertiary/aromatic N) is 3. The van der Waals surface area contributed by atoms with Crippen molar-refractivity contribution >= 4 is 35.3 Å². The zero-order chi connectivity index (χ0) is 25.2. The van der Waals surface area contributed by atoms with Crippen LogP contribution in [-0.2, 0) is 33.6 Å². The van der Waals surface area contributed by atoms with E-state index < -0.39 is 0 Å². The predicted molar refractivity (Wildman–Crippen MR) is 138 cm³/mol. The molecule has 0 heterocycles. The number of hydrogen-bond donors (Lipinski definition) is 0. The van der Waals surface area contributed by atoms with E-state index in [9.17, 15) is 14.4 Å². The fourth-order valence-electron chi connectivity index (χ4n) is 4.08. The van der Waals surface area contributed by atoms with Crippen molar-refractivity contribution in [1.29, 1.82) is 0 Å². The summed E-state index contributed by atoms with van der Waals surface area (Å²) >= 11 is 0. The van der Waals surface area contributed by atoms with E-state index in [4.69, 9.17) is 0 Å². The molecule has 0 fully saturated rings. The maximum atomic E-state index is 10.5. The Bertz CT molecular complexity index is 1290. The molecule has 4 aromatic carbocycles. The van der Waals surface area contributed by atoms with Gasteiger partial charge in [0.05, 0.1) is 17.1 Å². The molecule has 0 N–H and O–H groups in total. The quantitative estimate of drug-likeness (QED) is 0.210. The number of hydrogen-bond acceptors (Lipinski definition) is 6. The smallest absolute Gasteiger partial charge is 0.211 e. The van der Waals surface area contributed by atoms with Gasteiger partial charge in [-0.05, 0) is 89.0 Å². The highest BCUT2D eigenvalue weighted by molar-refractivity contribution is 5.52. The summed E-state index contributed by atoms with van der Waals surface area (Å²) in [5.74, 6) is 0. The van der Waals surface area contributed by atoms with Gasteiger partial charge in [-0.3, -0.25) is 0 Å². The number of isocyanates is 3. The molecule has 0 radical (unpaired) electrons. The average Bonchev–Trinajstić information content (AvgIpc) is 2.88. The Morgan fingerprint density at radius 3 is 0.861 bits per heavy atom. The first-order valence-electron chi connectivity index (χ1n) is 11.3. The Morgan fingerprint density at radius 2 is 0.639 bits per heavy atom. The molecule has 36 heavy (non-hydrogen) atoms. The molecule has 0 amide bonds. The summed E-state index contributed by atoms with van der Waals surface area (Å²) in [6.07, 6.45) is 6.87. The van der Waals surface area contributed by atoms with Gasteiger partial charge in [-0.15, -0.1) is 0 Å². The molecule has 0 saturated heterocycles. The Morgan fingerprint density at radius 1 is 0.389 bits per heavy atom. The van der Waals surface area contributed by atoms with Crippen LogP contribution in [0.2, 0.25) is 0 Å². The highest BCUT2D eigenvalue weighted by Crippen LogP contribution is 2.23. The highest BCUT2D eigenvalue weighted by atomic mass is 16.1. The normalized spacial score (nSPS) is 10.0. The monoisotopic (exact) mass is 471 g/mol. The van der Waals surface area contributed by atoms with Gasteiger partial charge in [0.1, 0.15) is 0 Å². The summed E-state index contributed by atoms with van der Waals surface area (Å²) in [6.45, 7) is 0. The molecule has 0 aliphatic rings. The summed E-state index contributed by atoms with van der Waals surface area (Å²) in [7, 11) is 0. The molecule has 6 nitrogen and oxygen atoms in total. The average molecular weight is 472 g/mol. The molecule has 0 saturated carbocycles. The molecule has 4 rings (SSSR count). The van der Waals surface area contributed by atoms with Crippen LogP contribution in [0.1, 0.15) is 33.4 Å². The maximum absolute atomic E-state index is 10.5. The Labute approximate surface area is 208 Å². The molecular weight excluding hydrogens is 450 g/mol. The SMILES string of the molecule is O=C=Nc1ccc(Cc2cc(Cc3ccc(N=C=O)cc3)cc(Cc3ccc(N=C=O)cc3)c2)cc1. The lowest BCUT2D eigenvalue weighted by Crippen LogP contribution is -1.97. The number of benzene rings is 4. The first-order chi connectivity index (χ1) is 17.6. The second-order valence-corrected chi connectivity index (χ2v) is 8.30. The predicted octanol–water partition coefficient (Wildman–Crippen LogP) is 6.36. The van der Waals surface area contributed by atoms with Gasteiger partial charge in [-0.2, -0.15) is 15.0 Å². The Kier molecular flexibility index (Phi) is 8.01. The van der Waals surface area contributed by atoms with Crippen LogP contribution in [0.4, 0.5) is 17.1 Å². The third-order valence-corrected chi connectivity index (χ3v) is 5.67. The van der Waals surface area contributed by atoms with E-state index in [2.05, 4.69) is 33.2 Å². The molecule has 0 unspecified atom stereocenters. The van der Waals surface area contributed by atoms with E-state index in [1.165, 1.54) is 16.7 Å². The zero-order valence-electron chi connectivity index (χ0n) is 19.3. The summed E-state index contributed by atoms with van der Waals surface area (Å²) in [6, 6.07) is 29.2. The van der Waals surface area contributed by atoms with Gasteiger partial charge in [-0.1, -0.05) is 54.6 Å². The number of carbonyl (C=O) groups excluding carboxylic acids is 3. The maximum Gasteiger partial charge on any atom is 0.240 e. The van der Waals surface area contributed by atoms with Crippen molar-refractivity contribution in [2.24, 2.45) is 15.0 Å². The highest BCUT2D eigenvalue weighted by Gasteiger charge is 2.07. The molecule has 4 aromatic rings. The van der Waals surface area contributed by atoms with Crippen molar-refractivity contribution < 1.29 is 14.4 Å². The third kappa shape index (κ3) is 6.77. The minimum atomic E-state index is 0.577. The second-order valence-electron chi connectivity index (χ2n) is 8.30. The fourth-order valence-corrected chi connectivity index (χ4v) is 4.08. The van der Waals surface area contributed by atoms with Gasteiger partial charge in [-0.25, -0.2) is 14.4 Å². The largest absolute Gasteiger partial charge is 0.240 e. The fraction of sp³-hybridized carbons (Fsp3) is 0.100. The van der Waals surface area contributed by atoms with E-state index in [1.54, 1.807) is 54.6 Å². The van der Waals surface area contributed by atoms with Crippen molar-refractivity contribution in [1.82, 2.24) is 0 Å². The first-order valence-corrected chi connectivity index (χ1v) is 11.3. The van der Waals surface area contributed by atoms with Gasteiger partial charge in [0.2, 0.25) is 18.2 Å². The topological polar surface area (TPSA) is 88.3 Å². The lowest BCUT2D eigenvalue weighted by molar-refractivity contribution is 0.564. The van der Waals surface area contributed by atoms with E-state index in [0.29, 0.717) is 17.1 Å². The zero-order valence-corrected chi connectivity index (χ0v) is 19.3. The summed E-state index contributed by atoms with van der Waals surface area (Å²) in [5.41, 5.74) is 8.55. The molecule has 0 spiro atoms. The molecule has 6 heteroatoms. The molecule has 0 atom stereocenters. The van der Waals surface area contributed by atoms with Crippen LogP contribution in [-0.4, -0.2) is 18.2 Å². The lowest BCUT2D eigenvalue weighted by atomic mass is 9.94. The summed E-state index contributed by atoms with van der Waals surface area (Å²) in [5, 5.41) is 0.